The predicted octanol–water partition coefficient (Wildman–Crippen LogP) is 3.13. The van der Waals surface area contributed by atoms with Crippen LogP contribution in [0, 0.1) is 0 Å². The number of hydrogen-bond acceptors (Lipinski definition) is 5. The van der Waals surface area contributed by atoms with Gasteiger partial charge in [0.05, 0.1) is 13.2 Å². The summed E-state index contributed by atoms with van der Waals surface area (Å²) in [5, 5.41) is 8.63. The van der Waals surface area contributed by atoms with Crippen LogP contribution < -0.4 is 0 Å². The average molecular weight is 262 g/mol. The van der Waals surface area contributed by atoms with Crippen LogP contribution in [0.2, 0.25) is 0 Å². The van der Waals surface area contributed by atoms with Crippen molar-refractivity contribution in [3.8, 4) is 0 Å². The molecule has 5 heteroatoms. The van der Waals surface area contributed by atoms with Gasteiger partial charge < -0.3 is 9.47 Å². The van der Waals surface area contributed by atoms with Gasteiger partial charge in [-0.15, -0.1) is 0 Å². The molecule has 5 nitrogen and oxygen atoms in total. The number of esters is 1. The molecule has 0 heterocycles. The highest BCUT2D eigenvalue weighted by atomic mass is 17.1. The molecule has 0 saturated heterocycles. The van der Waals surface area contributed by atoms with E-state index in [0.717, 1.165) is 32.1 Å². The third-order valence-electron chi connectivity index (χ3n) is 2.59. The lowest BCUT2D eigenvalue weighted by Crippen LogP contribution is -2.19. The highest BCUT2D eigenvalue weighted by Gasteiger charge is 2.10. The van der Waals surface area contributed by atoms with Gasteiger partial charge in [0.2, 0.25) is 0 Å². The topological polar surface area (TPSA) is 65.0 Å². The van der Waals surface area contributed by atoms with Gasteiger partial charge in [0.15, 0.2) is 6.29 Å². The van der Waals surface area contributed by atoms with Crippen molar-refractivity contribution in [2.24, 2.45) is 0 Å². The van der Waals surface area contributed by atoms with Gasteiger partial charge in [-0.1, -0.05) is 19.3 Å². The lowest BCUT2D eigenvalue weighted by Gasteiger charge is -2.16. The molecule has 18 heavy (non-hydrogen) atoms. The molecule has 1 unspecified atom stereocenters. The van der Waals surface area contributed by atoms with E-state index < -0.39 is 6.29 Å². The average Bonchev–Trinajstić information content (AvgIpc) is 2.35. The molecule has 0 aliphatic carbocycles. The van der Waals surface area contributed by atoms with Crippen LogP contribution in [0.3, 0.4) is 0 Å². The summed E-state index contributed by atoms with van der Waals surface area (Å²) in [6.07, 6.45) is 5.64. The molecule has 0 aromatic heterocycles. The molecule has 0 radical (unpaired) electrons. The van der Waals surface area contributed by atoms with Gasteiger partial charge in [0, 0.05) is 12.8 Å². The Bertz CT molecular complexity index is 206. The summed E-state index contributed by atoms with van der Waals surface area (Å²) in [4.78, 5) is 15.1. The second-order valence-corrected chi connectivity index (χ2v) is 4.60. The first-order valence-electron chi connectivity index (χ1n) is 6.62. The Kier molecular flexibility index (Phi) is 11.0. The van der Waals surface area contributed by atoms with E-state index in [2.05, 4.69) is 9.62 Å². The third-order valence-corrected chi connectivity index (χ3v) is 2.59. The van der Waals surface area contributed by atoms with Gasteiger partial charge in [-0.3, -0.25) is 4.79 Å². The predicted molar refractivity (Wildman–Crippen MR) is 68.1 cm³/mol. The minimum atomic E-state index is -0.528. The molecule has 0 bridgehead atoms. The summed E-state index contributed by atoms with van der Waals surface area (Å²) < 4.78 is 9.90. The molecule has 0 spiro atoms. The van der Waals surface area contributed by atoms with Gasteiger partial charge in [0.1, 0.15) is 0 Å². The Balaban J connectivity index is 3.35. The van der Waals surface area contributed by atoms with E-state index in [9.17, 15) is 4.79 Å². The highest BCUT2D eigenvalue weighted by Crippen LogP contribution is 2.12. The van der Waals surface area contributed by atoms with Crippen molar-refractivity contribution in [1.82, 2.24) is 0 Å². The van der Waals surface area contributed by atoms with E-state index in [-0.39, 0.29) is 12.1 Å². The number of methoxy groups -OCH3 is 1. The molecule has 0 amide bonds. The number of carbonyl (C=O) groups excluding carboxylic acids is 1. The van der Waals surface area contributed by atoms with Crippen LogP contribution in [-0.2, 0) is 19.2 Å². The van der Waals surface area contributed by atoms with E-state index in [4.69, 9.17) is 9.99 Å². The smallest absolute Gasteiger partial charge is 0.305 e. The third kappa shape index (κ3) is 10.5. The van der Waals surface area contributed by atoms with Crippen molar-refractivity contribution in [1.29, 1.82) is 0 Å². The summed E-state index contributed by atoms with van der Waals surface area (Å²) in [6.45, 7) is 3.80. The Hall–Kier alpha value is -0.650. The second kappa shape index (κ2) is 11.4. The number of ether oxygens (including phenoxy) is 2. The van der Waals surface area contributed by atoms with Crippen LogP contribution in [0.4, 0.5) is 0 Å². The van der Waals surface area contributed by atoms with E-state index in [1.54, 1.807) is 0 Å². The molecule has 0 aromatic carbocycles. The first-order valence-corrected chi connectivity index (χ1v) is 6.62. The SMILES string of the molecule is COC(=O)CCCCCCCC(OO)OC(C)C. The summed E-state index contributed by atoms with van der Waals surface area (Å²) >= 11 is 0. The van der Waals surface area contributed by atoms with E-state index in [1.807, 2.05) is 13.8 Å². The molecule has 1 N–H and O–H groups in total. The first kappa shape index (κ1) is 17.4. The Morgan fingerprint density at radius 3 is 2.28 bits per heavy atom. The lowest BCUT2D eigenvalue weighted by atomic mass is 10.1. The van der Waals surface area contributed by atoms with Crippen molar-refractivity contribution in [2.45, 2.75) is 71.2 Å². The van der Waals surface area contributed by atoms with Crippen molar-refractivity contribution >= 4 is 5.97 Å². The zero-order valence-corrected chi connectivity index (χ0v) is 11.7. The van der Waals surface area contributed by atoms with Crippen molar-refractivity contribution in [3.63, 3.8) is 0 Å². The zero-order valence-electron chi connectivity index (χ0n) is 11.7. The summed E-state index contributed by atoms with van der Waals surface area (Å²) in [6, 6.07) is 0. The van der Waals surface area contributed by atoms with Crippen LogP contribution >= 0.6 is 0 Å². The lowest BCUT2D eigenvalue weighted by molar-refractivity contribution is -0.353. The van der Waals surface area contributed by atoms with Crippen LogP contribution in [0.1, 0.15) is 58.8 Å². The number of hydrogen-bond donors (Lipinski definition) is 1. The van der Waals surface area contributed by atoms with Crippen LogP contribution in [0.5, 0.6) is 0 Å². The van der Waals surface area contributed by atoms with Crippen LogP contribution in [0.15, 0.2) is 0 Å². The van der Waals surface area contributed by atoms with Gasteiger partial charge in [-0.25, -0.2) is 10.1 Å². The molecule has 108 valence electrons. The second-order valence-electron chi connectivity index (χ2n) is 4.60. The quantitative estimate of drug-likeness (QED) is 0.204. The van der Waals surface area contributed by atoms with E-state index in [0.29, 0.717) is 12.8 Å². The highest BCUT2D eigenvalue weighted by molar-refractivity contribution is 5.68. The van der Waals surface area contributed by atoms with E-state index >= 15 is 0 Å². The normalized spacial score (nSPS) is 12.7. The van der Waals surface area contributed by atoms with Gasteiger partial charge in [0.25, 0.3) is 0 Å². The largest absolute Gasteiger partial charge is 0.469 e. The number of unbranched alkanes of at least 4 members (excludes halogenated alkanes) is 4. The van der Waals surface area contributed by atoms with Crippen molar-refractivity contribution in [3.05, 3.63) is 0 Å². The summed E-state index contributed by atoms with van der Waals surface area (Å²) in [5.41, 5.74) is 0. The molecule has 0 rings (SSSR count). The fourth-order valence-electron chi connectivity index (χ4n) is 1.66. The monoisotopic (exact) mass is 262 g/mol. The molecule has 0 aromatic rings. The van der Waals surface area contributed by atoms with Gasteiger partial charge >= 0.3 is 5.97 Å². The van der Waals surface area contributed by atoms with Crippen molar-refractivity contribution in [2.75, 3.05) is 7.11 Å². The first-order chi connectivity index (χ1) is 8.60. The fourth-order valence-corrected chi connectivity index (χ4v) is 1.66. The molecule has 1 atom stereocenters. The Morgan fingerprint density at radius 2 is 1.72 bits per heavy atom. The van der Waals surface area contributed by atoms with Crippen LogP contribution in [0.25, 0.3) is 0 Å². The van der Waals surface area contributed by atoms with Gasteiger partial charge in [-0.2, -0.15) is 0 Å². The summed E-state index contributed by atoms with van der Waals surface area (Å²) in [7, 11) is 1.41. The molecule has 0 saturated carbocycles. The molecular formula is C13H26O5. The minimum Gasteiger partial charge on any atom is -0.469 e. The maximum atomic E-state index is 10.8. The van der Waals surface area contributed by atoms with Crippen molar-refractivity contribution < 1.29 is 24.4 Å². The number of rotatable bonds is 11. The minimum absolute atomic E-state index is 0.0437. The molecular weight excluding hydrogens is 236 g/mol. The van der Waals surface area contributed by atoms with Crippen LogP contribution in [-0.4, -0.2) is 30.7 Å². The molecule has 0 fully saturated rings. The maximum Gasteiger partial charge on any atom is 0.305 e. The van der Waals surface area contributed by atoms with Gasteiger partial charge in [-0.05, 0) is 26.7 Å². The standard InChI is InChI=1S/C13H26O5/c1-11(2)17-13(18-15)10-8-6-4-5-7-9-12(14)16-3/h11,13,15H,4-10H2,1-3H3. The summed E-state index contributed by atoms with van der Waals surface area (Å²) in [5.74, 6) is -0.144. The molecule has 0 aliphatic heterocycles. The maximum absolute atomic E-state index is 10.8. The Labute approximate surface area is 109 Å². The Morgan fingerprint density at radius 1 is 1.11 bits per heavy atom. The number of carbonyl (C=O) groups is 1. The zero-order chi connectivity index (χ0) is 13.8. The van der Waals surface area contributed by atoms with E-state index in [1.165, 1.54) is 7.11 Å². The molecule has 0 aliphatic rings. The fraction of sp³-hybridized carbons (Fsp3) is 0.923.